The van der Waals surface area contributed by atoms with Crippen molar-refractivity contribution < 1.29 is 4.79 Å². The summed E-state index contributed by atoms with van der Waals surface area (Å²) in [7, 11) is 2.09. The van der Waals surface area contributed by atoms with Gasteiger partial charge in [-0.2, -0.15) is 0 Å². The molecule has 14 heavy (non-hydrogen) atoms. The van der Waals surface area contributed by atoms with Gasteiger partial charge in [0.1, 0.15) is 0 Å². The Balaban J connectivity index is 2.28. The second-order valence-corrected chi connectivity index (χ2v) is 3.58. The summed E-state index contributed by atoms with van der Waals surface area (Å²) < 4.78 is 0. The molecule has 1 aromatic rings. The molecule has 1 aromatic heterocycles. The van der Waals surface area contributed by atoms with E-state index in [1.807, 2.05) is 6.07 Å². The molecular weight excluding hydrogens is 178 g/mol. The van der Waals surface area contributed by atoms with Gasteiger partial charge in [0.15, 0.2) is 0 Å². The fraction of sp³-hybridized carbons (Fsp3) is 0.400. The SMILES string of the molecule is CN1CCc2ncc(NC=O)cc2C1. The maximum atomic E-state index is 10.3. The van der Waals surface area contributed by atoms with Gasteiger partial charge in [-0.3, -0.25) is 9.78 Å². The summed E-state index contributed by atoms with van der Waals surface area (Å²) in [5, 5.41) is 2.61. The highest BCUT2D eigenvalue weighted by molar-refractivity contribution is 5.70. The molecule has 2 heterocycles. The predicted octanol–water partition coefficient (Wildman–Crippen LogP) is 0.638. The van der Waals surface area contributed by atoms with Crippen LogP contribution in [0.3, 0.4) is 0 Å². The zero-order chi connectivity index (χ0) is 9.97. The summed E-state index contributed by atoms with van der Waals surface area (Å²) in [5.41, 5.74) is 3.14. The normalized spacial score (nSPS) is 16.1. The van der Waals surface area contributed by atoms with Crippen LogP contribution in [0.25, 0.3) is 0 Å². The first kappa shape index (κ1) is 9.15. The highest BCUT2D eigenvalue weighted by Crippen LogP contribution is 2.18. The average Bonchev–Trinajstić information content (AvgIpc) is 2.17. The molecule has 0 saturated carbocycles. The molecule has 1 amide bonds. The van der Waals surface area contributed by atoms with Gasteiger partial charge in [-0.15, -0.1) is 0 Å². The largest absolute Gasteiger partial charge is 0.327 e. The van der Waals surface area contributed by atoms with Gasteiger partial charge >= 0.3 is 0 Å². The number of hydrogen-bond acceptors (Lipinski definition) is 3. The van der Waals surface area contributed by atoms with Gasteiger partial charge in [-0.05, 0) is 18.7 Å². The Morgan fingerprint density at radius 3 is 3.29 bits per heavy atom. The van der Waals surface area contributed by atoms with E-state index in [-0.39, 0.29) is 0 Å². The minimum absolute atomic E-state index is 0.677. The van der Waals surface area contributed by atoms with Crippen molar-refractivity contribution in [3.63, 3.8) is 0 Å². The Hall–Kier alpha value is -1.42. The number of pyridine rings is 1. The number of fused-ring (bicyclic) bond motifs is 1. The fourth-order valence-corrected chi connectivity index (χ4v) is 1.71. The third kappa shape index (κ3) is 1.75. The molecule has 0 saturated heterocycles. The molecule has 0 bridgehead atoms. The van der Waals surface area contributed by atoms with Gasteiger partial charge in [0.05, 0.1) is 11.9 Å². The first-order chi connectivity index (χ1) is 6.79. The van der Waals surface area contributed by atoms with E-state index in [9.17, 15) is 4.79 Å². The van der Waals surface area contributed by atoms with E-state index >= 15 is 0 Å². The number of anilines is 1. The number of rotatable bonds is 2. The number of aromatic nitrogens is 1. The van der Waals surface area contributed by atoms with Gasteiger partial charge in [-0.25, -0.2) is 0 Å². The van der Waals surface area contributed by atoms with E-state index in [1.165, 1.54) is 5.56 Å². The van der Waals surface area contributed by atoms with Gasteiger partial charge < -0.3 is 10.2 Å². The highest BCUT2D eigenvalue weighted by atomic mass is 16.1. The number of likely N-dealkylation sites (N-methyl/N-ethyl adjacent to an activating group) is 1. The molecule has 0 radical (unpaired) electrons. The van der Waals surface area contributed by atoms with Crippen molar-refractivity contribution in [1.82, 2.24) is 9.88 Å². The molecule has 74 valence electrons. The Kier molecular flexibility index (Phi) is 2.45. The zero-order valence-corrected chi connectivity index (χ0v) is 8.16. The number of amides is 1. The lowest BCUT2D eigenvalue weighted by molar-refractivity contribution is -0.105. The predicted molar refractivity (Wildman–Crippen MR) is 54.0 cm³/mol. The summed E-state index contributed by atoms with van der Waals surface area (Å²) >= 11 is 0. The maximum Gasteiger partial charge on any atom is 0.211 e. The minimum atomic E-state index is 0.677. The van der Waals surface area contributed by atoms with Gasteiger partial charge in [0, 0.05) is 25.2 Å². The number of hydrogen-bond donors (Lipinski definition) is 1. The second kappa shape index (κ2) is 3.75. The summed E-state index contributed by atoms with van der Waals surface area (Å²) in [6.07, 6.45) is 3.38. The molecule has 0 aromatic carbocycles. The first-order valence-electron chi connectivity index (χ1n) is 4.66. The van der Waals surface area contributed by atoms with E-state index in [4.69, 9.17) is 0 Å². The van der Waals surface area contributed by atoms with E-state index < -0.39 is 0 Å². The quantitative estimate of drug-likeness (QED) is 0.698. The molecule has 0 aliphatic carbocycles. The fourth-order valence-electron chi connectivity index (χ4n) is 1.71. The molecule has 4 nitrogen and oxygen atoms in total. The standard InChI is InChI=1S/C10H13N3O/c1-13-3-2-10-8(6-13)4-9(5-11-10)12-7-14/h4-5,7H,2-3,6H2,1H3,(H,12,14). The summed E-state index contributed by atoms with van der Waals surface area (Å²) in [5.74, 6) is 0. The lowest BCUT2D eigenvalue weighted by atomic mass is 10.1. The molecule has 0 fully saturated rings. The second-order valence-electron chi connectivity index (χ2n) is 3.58. The number of carbonyl (C=O) groups is 1. The van der Waals surface area contributed by atoms with Crippen LogP contribution in [0.15, 0.2) is 12.3 Å². The van der Waals surface area contributed by atoms with Crippen molar-refractivity contribution in [2.75, 3.05) is 18.9 Å². The molecule has 0 unspecified atom stereocenters. The summed E-state index contributed by atoms with van der Waals surface area (Å²) in [4.78, 5) is 16.8. The lowest BCUT2D eigenvalue weighted by Gasteiger charge is -2.24. The van der Waals surface area contributed by atoms with Gasteiger partial charge in [0.25, 0.3) is 0 Å². The Morgan fingerprint density at radius 2 is 2.50 bits per heavy atom. The van der Waals surface area contributed by atoms with Crippen LogP contribution >= 0.6 is 0 Å². The highest BCUT2D eigenvalue weighted by Gasteiger charge is 2.14. The lowest BCUT2D eigenvalue weighted by Crippen LogP contribution is -2.27. The average molecular weight is 191 g/mol. The molecule has 1 aliphatic rings. The van der Waals surface area contributed by atoms with E-state index in [0.29, 0.717) is 6.41 Å². The van der Waals surface area contributed by atoms with Crippen LogP contribution in [-0.4, -0.2) is 29.9 Å². The topological polar surface area (TPSA) is 45.2 Å². The molecule has 2 rings (SSSR count). The van der Waals surface area contributed by atoms with E-state index in [1.54, 1.807) is 6.20 Å². The van der Waals surface area contributed by atoms with Crippen molar-refractivity contribution in [3.8, 4) is 0 Å². The van der Waals surface area contributed by atoms with E-state index in [0.717, 1.165) is 30.9 Å². The molecular formula is C10H13N3O. The number of carbonyl (C=O) groups excluding carboxylic acids is 1. The van der Waals surface area contributed by atoms with Crippen molar-refractivity contribution in [2.24, 2.45) is 0 Å². The minimum Gasteiger partial charge on any atom is -0.327 e. The Morgan fingerprint density at radius 1 is 1.64 bits per heavy atom. The van der Waals surface area contributed by atoms with Crippen LogP contribution in [0.2, 0.25) is 0 Å². The number of nitrogens with one attached hydrogen (secondary N) is 1. The zero-order valence-electron chi connectivity index (χ0n) is 8.16. The molecule has 0 atom stereocenters. The molecule has 4 heteroatoms. The van der Waals surface area contributed by atoms with E-state index in [2.05, 4.69) is 22.2 Å². The van der Waals surface area contributed by atoms with Crippen LogP contribution < -0.4 is 5.32 Å². The van der Waals surface area contributed by atoms with Crippen LogP contribution in [0.4, 0.5) is 5.69 Å². The van der Waals surface area contributed by atoms with Crippen molar-refractivity contribution in [3.05, 3.63) is 23.5 Å². The summed E-state index contributed by atoms with van der Waals surface area (Å²) in [6, 6.07) is 1.99. The van der Waals surface area contributed by atoms with Crippen LogP contribution in [0, 0.1) is 0 Å². The number of nitrogens with zero attached hydrogens (tertiary/aromatic N) is 2. The van der Waals surface area contributed by atoms with Crippen LogP contribution in [0.1, 0.15) is 11.3 Å². The monoisotopic (exact) mass is 191 g/mol. The molecule has 1 N–H and O–H groups in total. The van der Waals surface area contributed by atoms with Crippen molar-refractivity contribution in [2.45, 2.75) is 13.0 Å². The van der Waals surface area contributed by atoms with Crippen LogP contribution in [-0.2, 0) is 17.8 Å². The smallest absolute Gasteiger partial charge is 0.211 e. The van der Waals surface area contributed by atoms with Crippen molar-refractivity contribution in [1.29, 1.82) is 0 Å². The molecule has 1 aliphatic heterocycles. The third-order valence-corrected chi connectivity index (χ3v) is 2.46. The molecule has 0 spiro atoms. The van der Waals surface area contributed by atoms with Crippen LogP contribution in [0.5, 0.6) is 0 Å². The third-order valence-electron chi connectivity index (χ3n) is 2.46. The first-order valence-corrected chi connectivity index (χ1v) is 4.66. The Labute approximate surface area is 82.9 Å². The van der Waals surface area contributed by atoms with Gasteiger partial charge in [-0.1, -0.05) is 0 Å². The van der Waals surface area contributed by atoms with Gasteiger partial charge in [0.2, 0.25) is 6.41 Å². The Bertz CT molecular complexity index is 351. The van der Waals surface area contributed by atoms with Crippen molar-refractivity contribution >= 4 is 12.1 Å². The maximum absolute atomic E-state index is 10.3. The summed E-state index contributed by atoms with van der Waals surface area (Å²) in [6.45, 7) is 1.97.